The summed E-state index contributed by atoms with van der Waals surface area (Å²) in [6, 6.07) is 0. The summed E-state index contributed by atoms with van der Waals surface area (Å²) in [7, 11) is 1.62. The Bertz CT molecular complexity index is 232. The van der Waals surface area contributed by atoms with Crippen LogP contribution in [0.5, 0.6) is 0 Å². The molecule has 1 aliphatic rings. The molecule has 0 aliphatic carbocycles. The van der Waals surface area contributed by atoms with E-state index in [1.54, 1.807) is 7.11 Å². The number of nitrogens with two attached hydrogens (primary N) is 1. The van der Waals surface area contributed by atoms with E-state index in [1.807, 2.05) is 5.43 Å². The second-order valence-electron chi connectivity index (χ2n) is 3.33. The molecular weight excluding hydrogens is 186 g/mol. The summed E-state index contributed by atoms with van der Waals surface area (Å²) in [5.41, 5.74) is 1.83. The molecular formula is C8H15N3O3. The van der Waals surface area contributed by atoms with Crippen molar-refractivity contribution in [3.05, 3.63) is 0 Å². The van der Waals surface area contributed by atoms with Crippen LogP contribution in [0.1, 0.15) is 6.42 Å². The standard InChI is InChI=1S/C8H15N3O3/c1-14-5-6-2-3-11(4-6)8(13)7(12)10-9/h6H,2-5,9H2,1H3,(H,10,12). The maximum atomic E-state index is 11.3. The largest absolute Gasteiger partial charge is 0.384 e. The molecule has 0 aromatic heterocycles. The average Bonchev–Trinajstić information content (AvgIpc) is 2.64. The Kier molecular flexibility index (Phi) is 3.84. The molecule has 1 heterocycles. The SMILES string of the molecule is COCC1CCN(C(=O)C(=O)NN)C1. The molecule has 0 aromatic carbocycles. The van der Waals surface area contributed by atoms with Gasteiger partial charge < -0.3 is 9.64 Å². The van der Waals surface area contributed by atoms with Crippen molar-refractivity contribution in [2.75, 3.05) is 26.8 Å². The first kappa shape index (κ1) is 10.9. The topological polar surface area (TPSA) is 84.7 Å². The highest BCUT2D eigenvalue weighted by Crippen LogP contribution is 2.16. The lowest BCUT2D eigenvalue weighted by molar-refractivity contribution is -0.145. The van der Waals surface area contributed by atoms with E-state index < -0.39 is 11.8 Å². The van der Waals surface area contributed by atoms with Crippen molar-refractivity contribution in [3.63, 3.8) is 0 Å². The molecule has 6 heteroatoms. The van der Waals surface area contributed by atoms with E-state index in [4.69, 9.17) is 10.6 Å². The van der Waals surface area contributed by atoms with Crippen molar-refractivity contribution < 1.29 is 14.3 Å². The van der Waals surface area contributed by atoms with Gasteiger partial charge in [-0.15, -0.1) is 0 Å². The zero-order chi connectivity index (χ0) is 10.6. The van der Waals surface area contributed by atoms with E-state index in [0.29, 0.717) is 25.6 Å². The van der Waals surface area contributed by atoms with Crippen LogP contribution in [0.15, 0.2) is 0 Å². The molecule has 1 rings (SSSR count). The number of hydrogen-bond donors (Lipinski definition) is 2. The van der Waals surface area contributed by atoms with Crippen LogP contribution in [0.2, 0.25) is 0 Å². The Morgan fingerprint density at radius 2 is 2.36 bits per heavy atom. The third-order valence-electron chi connectivity index (χ3n) is 2.30. The molecule has 0 aromatic rings. The predicted octanol–water partition coefficient (Wildman–Crippen LogP) is -1.53. The van der Waals surface area contributed by atoms with E-state index in [9.17, 15) is 9.59 Å². The first-order valence-electron chi connectivity index (χ1n) is 4.47. The van der Waals surface area contributed by atoms with Crippen molar-refractivity contribution in [3.8, 4) is 0 Å². The normalized spacial score (nSPS) is 21.0. The lowest BCUT2D eigenvalue weighted by Gasteiger charge is -2.14. The summed E-state index contributed by atoms with van der Waals surface area (Å²) in [6.45, 7) is 1.79. The number of hydrogen-bond acceptors (Lipinski definition) is 4. The molecule has 0 radical (unpaired) electrons. The number of likely N-dealkylation sites (tertiary alicyclic amines) is 1. The highest BCUT2D eigenvalue weighted by molar-refractivity contribution is 6.34. The van der Waals surface area contributed by atoms with Crippen LogP contribution in [0.4, 0.5) is 0 Å². The fourth-order valence-electron chi connectivity index (χ4n) is 1.59. The lowest BCUT2D eigenvalue weighted by Crippen LogP contribution is -2.44. The zero-order valence-corrected chi connectivity index (χ0v) is 8.16. The molecule has 14 heavy (non-hydrogen) atoms. The van der Waals surface area contributed by atoms with Crippen LogP contribution < -0.4 is 11.3 Å². The molecule has 0 spiro atoms. The van der Waals surface area contributed by atoms with Gasteiger partial charge in [-0.25, -0.2) is 5.84 Å². The maximum Gasteiger partial charge on any atom is 0.323 e. The molecule has 6 nitrogen and oxygen atoms in total. The Balaban J connectivity index is 2.41. The molecule has 0 bridgehead atoms. The van der Waals surface area contributed by atoms with Crippen molar-refractivity contribution in [2.45, 2.75) is 6.42 Å². The van der Waals surface area contributed by atoms with Gasteiger partial charge in [0.15, 0.2) is 0 Å². The smallest absolute Gasteiger partial charge is 0.323 e. The van der Waals surface area contributed by atoms with Gasteiger partial charge in [0.1, 0.15) is 0 Å². The summed E-state index contributed by atoms with van der Waals surface area (Å²) in [4.78, 5) is 23.7. The third kappa shape index (κ3) is 2.43. The molecule has 1 fully saturated rings. The first-order chi connectivity index (χ1) is 6.69. The molecule has 3 N–H and O–H groups in total. The number of hydrazine groups is 1. The van der Waals surface area contributed by atoms with Crippen LogP contribution in [0, 0.1) is 5.92 Å². The molecule has 1 unspecified atom stereocenters. The van der Waals surface area contributed by atoms with Crippen LogP contribution in [0.3, 0.4) is 0 Å². The zero-order valence-electron chi connectivity index (χ0n) is 8.16. The maximum absolute atomic E-state index is 11.3. The minimum absolute atomic E-state index is 0.328. The number of nitrogens with one attached hydrogen (secondary N) is 1. The molecule has 80 valence electrons. The second kappa shape index (κ2) is 4.92. The van der Waals surface area contributed by atoms with Gasteiger partial charge in [0.2, 0.25) is 0 Å². The van der Waals surface area contributed by atoms with E-state index in [0.717, 1.165) is 6.42 Å². The van der Waals surface area contributed by atoms with Crippen LogP contribution in [-0.2, 0) is 14.3 Å². The Morgan fingerprint density at radius 1 is 1.64 bits per heavy atom. The summed E-state index contributed by atoms with van der Waals surface area (Å²) in [5, 5.41) is 0. The van der Waals surface area contributed by atoms with Crippen molar-refractivity contribution in [1.29, 1.82) is 0 Å². The molecule has 0 saturated carbocycles. The second-order valence-corrected chi connectivity index (χ2v) is 3.33. The summed E-state index contributed by atoms with van der Waals surface area (Å²) in [6.07, 6.45) is 0.872. The van der Waals surface area contributed by atoms with Crippen LogP contribution in [0.25, 0.3) is 0 Å². The predicted molar refractivity (Wildman–Crippen MR) is 48.9 cm³/mol. The fraction of sp³-hybridized carbons (Fsp3) is 0.750. The van der Waals surface area contributed by atoms with Crippen LogP contribution in [-0.4, -0.2) is 43.5 Å². The monoisotopic (exact) mass is 201 g/mol. The van der Waals surface area contributed by atoms with Gasteiger partial charge in [-0.2, -0.15) is 0 Å². The average molecular weight is 201 g/mol. The molecule has 2 amide bonds. The lowest BCUT2D eigenvalue weighted by atomic mass is 10.1. The fourth-order valence-corrected chi connectivity index (χ4v) is 1.59. The minimum atomic E-state index is -0.761. The number of methoxy groups -OCH3 is 1. The summed E-state index contributed by atoms with van der Waals surface area (Å²) in [5.74, 6) is 3.87. The quantitative estimate of drug-likeness (QED) is 0.246. The Morgan fingerprint density at radius 3 is 2.93 bits per heavy atom. The van der Waals surface area contributed by atoms with Crippen molar-refractivity contribution >= 4 is 11.8 Å². The van der Waals surface area contributed by atoms with E-state index in [2.05, 4.69) is 0 Å². The van der Waals surface area contributed by atoms with Gasteiger partial charge >= 0.3 is 11.8 Å². The minimum Gasteiger partial charge on any atom is -0.384 e. The van der Waals surface area contributed by atoms with Gasteiger partial charge in [0.05, 0.1) is 6.61 Å². The van der Waals surface area contributed by atoms with Gasteiger partial charge in [-0.05, 0) is 6.42 Å². The van der Waals surface area contributed by atoms with E-state index in [-0.39, 0.29) is 0 Å². The number of carbonyl (C=O) groups is 2. The third-order valence-corrected chi connectivity index (χ3v) is 2.30. The van der Waals surface area contributed by atoms with E-state index >= 15 is 0 Å². The number of ether oxygens (including phenoxy) is 1. The number of carbonyl (C=O) groups excluding carboxylic acids is 2. The van der Waals surface area contributed by atoms with Gasteiger partial charge in [0, 0.05) is 26.1 Å². The van der Waals surface area contributed by atoms with E-state index in [1.165, 1.54) is 4.90 Å². The Hall–Kier alpha value is -1.14. The molecule has 1 saturated heterocycles. The van der Waals surface area contributed by atoms with Crippen molar-refractivity contribution in [1.82, 2.24) is 10.3 Å². The number of rotatable bonds is 2. The highest BCUT2D eigenvalue weighted by Gasteiger charge is 2.29. The van der Waals surface area contributed by atoms with Gasteiger partial charge in [-0.3, -0.25) is 15.0 Å². The summed E-state index contributed by atoms with van der Waals surface area (Å²) < 4.78 is 4.98. The number of nitrogens with zero attached hydrogens (tertiary/aromatic N) is 1. The first-order valence-corrected chi connectivity index (χ1v) is 4.47. The summed E-state index contributed by atoms with van der Waals surface area (Å²) >= 11 is 0. The van der Waals surface area contributed by atoms with Crippen LogP contribution >= 0.6 is 0 Å². The van der Waals surface area contributed by atoms with Gasteiger partial charge in [0.25, 0.3) is 0 Å². The van der Waals surface area contributed by atoms with Crippen molar-refractivity contribution in [2.24, 2.45) is 11.8 Å². The Labute approximate surface area is 82.3 Å². The number of amides is 2. The highest BCUT2D eigenvalue weighted by atomic mass is 16.5. The molecule has 1 aliphatic heterocycles. The molecule has 1 atom stereocenters. The van der Waals surface area contributed by atoms with Gasteiger partial charge in [-0.1, -0.05) is 0 Å².